The first-order chi connectivity index (χ1) is 11.7. The molecule has 8 heteroatoms. The van der Waals surface area contributed by atoms with E-state index in [-0.39, 0.29) is 17.9 Å². The molecule has 1 fully saturated rings. The Morgan fingerprint density at radius 2 is 1.88 bits per heavy atom. The third kappa shape index (κ3) is 4.03. The van der Waals surface area contributed by atoms with Crippen LogP contribution in [0.15, 0.2) is 18.2 Å². The van der Waals surface area contributed by atoms with Crippen LogP contribution in [0, 0.1) is 5.92 Å². The van der Waals surface area contributed by atoms with E-state index >= 15 is 0 Å². The Labute approximate surface area is 154 Å². The molecule has 0 aliphatic carbocycles. The number of carbonyl (C=O) groups excluding carboxylic acids is 2. The number of nitrogens with zero attached hydrogens (tertiary/aromatic N) is 1. The maximum Gasteiger partial charge on any atom is 0.326 e. The molecule has 1 saturated heterocycles. The Kier molecular flexibility index (Phi) is 5.64. The van der Waals surface area contributed by atoms with Crippen molar-refractivity contribution >= 4 is 34.8 Å². The monoisotopic (exact) mass is 445 g/mol. The van der Waals surface area contributed by atoms with Crippen molar-refractivity contribution < 1.29 is 19.1 Å². The zero-order valence-electron chi connectivity index (χ0n) is 13.2. The summed E-state index contributed by atoms with van der Waals surface area (Å²) in [5.41, 5.74) is 0.981. The molecule has 0 atom stereocenters. The second-order valence-corrected chi connectivity index (χ2v) is 6.40. The van der Waals surface area contributed by atoms with Crippen LogP contribution in [0.5, 0.6) is 11.5 Å². The Hall–Kier alpha value is -1.71. The summed E-state index contributed by atoms with van der Waals surface area (Å²) in [6, 6.07) is 5.62. The molecule has 0 spiro atoms. The van der Waals surface area contributed by atoms with Gasteiger partial charge in [0.2, 0.25) is 5.91 Å². The molecule has 0 unspecified atom stereocenters. The summed E-state index contributed by atoms with van der Waals surface area (Å²) in [5.74, 6) is 1.48. The zero-order valence-corrected chi connectivity index (χ0v) is 15.4. The molecule has 3 amide bonds. The van der Waals surface area contributed by atoms with Crippen LogP contribution in [0.3, 0.4) is 0 Å². The van der Waals surface area contributed by atoms with E-state index in [2.05, 4.69) is 8.85 Å². The van der Waals surface area contributed by atoms with Crippen LogP contribution in [-0.4, -0.2) is 43.1 Å². The second-order valence-electron chi connectivity index (χ2n) is 5.86. The lowest BCUT2D eigenvalue weighted by Gasteiger charge is -2.30. The van der Waals surface area contributed by atoms with E-state index in [1.165, 1.54) is 0 Å². The van der Waals surface area contributed by atoms with Crippen LogP contribution in [0.1, 0.15) is 18.4 Å². The van der Waals surface area contributed by atoms with Gasteiger partial charge >= 0.3 is 6.03 Å². The number of urea groups is 1. The van der Waals surface area contributed by atoms with E-state index in [0.29, 0.717) is 45.7 Å². The van der Waals surface area contributed by atoms with Gasteiger partial charge in [-0.05, 0) is 30.5 Å². The zero-order chi connectivity index (χ0) is 16.9. The highest BCUT2D eigenvalue weighted by Crippen LogP contribution is 2.30. The van der Waals surface area contributed by atoms with Gasteiger partial charge < -0.3 is 19.7 Å². The van der Waals surface area contributed by atoms with Crippen LogP contribution >= 0.6 is 22.9 Å². The molecule has 1 aromatic rings. The number of benzene rings is 1. The van der Waals surface area contributed by atoms with Crippen molar-refractivity contribution in [3.63, 3.8) is 0 Å². The van der Waals surface area contributed by atoms with Crippen LogP contribution in [0.2, 0.25) is 0 Å². The SMILES string of the molecule is O=C(NCc1ccc2c(c1)OCCO2)C1CCN(C(=O)NI)CC1. The number of piperidine rings is 1. The van der Waals surface area contributed by atoms with Crippen molar-refractivity contribution in [3.05, 3.63) is 23.8 Å². The first-order valence-corrected chi connectivity index (χ1v) is 9.07. The number of hydrogen-bond donors (Lipinski definition) is 2. The van der Waals surface area contributed by atoms with Crippen LogP contribution in [-0.2, 0) is 11.3 Å². The first-order valence-electron chi connectivity index (χ1n) is 7.99. The summed E-state index contributed by atoms with van der Waals surface area (Å²) in [7, 11) is 0. The van der Waals surface area contributed by atoms with Gasteiger partial charge in [-0.2, -0.15) is 0 Å². The Balaban J connectivity index is 1.48. The lowest BCUT2D eigenvalue weighted by Crippen LogP contribution is -2.44. The second kappa shape index (κ2) is 7.91. The van der Waals surface area contributed by atoms with Crippen molar-refractivity contribution in [1.82, 2.24) is 13.7 Å². The minimum atomic E-state index is -0.0919. The molecule has 0 aromatic heterocycles. The van der Waals surface area contributed by atoms with E-state index in [0.717, 1.165) is 17.1 Å². The van der Waals surface area contributed by atoms with E-state index < -0.39 is 0 Å². The number of nitrogens with one attached hydrogen (secondary N) is 2. The number of likely N-dealkylation sites (tertiary alicyclic amines) is 1. The summed E-state index contributed by atoms with van der Waals surface area (Å²) in [6.07, 6.45) is 1.38. The van der Waals surface area contributed by atoms with Gasteiger partial charge in [-0.3, -0.25) is 8.32 Å². The van der Waals surface area contributed by atoms with E-state index in [1.54, 1.807) is 4.90 Å². The fraction of sp³-hybridized carbons (Fsp3) is 0.500. The smallest absolute Gasteiger partial charge is 0.326 e. The van der Waals surface area contributed by atoms with Gasteiger partial charge in [-0.25, -0.2) is 4.79 Å². The predicted octanol–water partition coefficient (Wildman–Crippen LogP) is 1.85. The van der Waals surface area contributed by atoms with E-state index in [1.807, 2.05) is 41.1 Å². The Morgan fingerprint density at radius 3 is 2.58 bits per heavy atom. The normalized spacial score (nSPS) is 17.3. The van der Waals surface area contributed by atoms with E-state index in [9.17, 15) is 9.59 Å². The molecule has 3 rings (SSSR count). The molecular weight excluding hydrogens is 425 g/mol. The molecule has 2 heterocycles. The van der Waals surface area contributed by atoms with Crippen molar-refractivity contribution in [1.29, 1.82) is 0 Å². The highest BCUT2D eigenvalue weighted by atomic mass is 127. The third-order valence-corrected chi connectivity index (χ3v) is 4.77. The van der Waals surface area contributed by atoms with Gasteiger partial charge in [0.15, 0.2) is 11.5 Å². The standard InChI is InChI=1S/C16H20IN3O4/c17-19-16(22)20-5-3-12(4-6-20)15(21)18-10-11-1-2-13-14(9-11)24-8-7-23-13/h1-2,9,12H,3-8,10H2,(H,18,21)(H,19,22). The molecule has 0 bridgehead atoms. The lowest BCUT2D eigenvalue weighted by molar-refractivity contribution is -0.126. The lowest BCUT2D eigenvalue weighted by atomic mass is 9.96. The fourth-order valence-corrected chi connectivity index (χ4v) is 3.28. The maximum absolute atomic E-state index is 12.3. The van der Waals surface area contributed by atoms with Gasteiger partial charge in [-0.1, -0.05) is 6.07 Å². The number of carbonyl (C=O) groups is 2. The van der Waals surface area contributed by atoms with Crippen LogP contribution < -0.4 is 18.3 Å². The fourth-order valence-electron chi connectivity index (χ4n) is 2.94. The number of rotatable bonds is 3. The Bertz CT molecular complexity index is 617. The molecule has 2 N–H and O–H groups in total. The van der Waals surface area contributed by atoms with Crippen molar-refractivity contribution in [2.24, 2.45) is 5.92 Å². The minimum absolute atomic E-state index is 0.0411. The highest BCUT2D eigenvalue weighted by molar-refractivity contribution is 14.1. The summed E-state index contributed by atoms with van der Waals surface area (Å²) in [6.45, 7) is 2.79. The number of ether oxygens (including phenoxy) is 2. The molecule has 24 heavy (non-hydrogen) atoms. The van der Waals surface area contributed by atoms with Crippen LogP contribution in [0.25, 0.3) is 0 Å². The van der Waals surface area contributed by atoms with Crippen LogP contribution in [0.4, 0.5) is 4.79 Å². The summed E-state index contributed by atoms with van der Waals surface area (Å²) in [4.78, 5) is 25.6. The number of amides is 3. The van der Waals surface area contributed by atoms with Crippen molar-refractivity contribution in [3.8, 4) is 11.5 Å². The highest BCUT2D eigenvalue weighted by Gasteiger charge is 2.27. The van der Waals surface area contributed by atoms with Gasteiger partial charge in [-0.15, -0.1) is 0 Å². The molecule has 0 saturated carbocycles. The quantitative estimate of drug-likeness (QED) is 0.550. The topological polar surface area (TPSA) is 79.9 Å². The minimum Gasteiger partial charge on any atom is -0.486 e. The number of halogens is 1. The van der Waals surface area contributed by atoms with Gasteiger partial charge in [0.25, 0.3) is 0 Å². The van der Waals surface area contributed by atoms with Crippen molar-refractivity contribution in [2.75, 3.05) is 26.3 Å². The Morgan fingerprint density at radius 1 is 1.17 bits per heavy atom. The molecule has 7 nitrogen and oxygen atoms in total. The summed E-state index contributed by atoms with van der Waals surface area (Å²) < 4.78 is 13.6. The number of fused-ring (bicyclic) bond motifs is 1. The van der Waals surface area contributed by atoms with Gasteiger partial charge in [0.05, 0.1) is 22.9 Å². The average molecular weight is 445 g/mol. The molecule has 1 aromatic carbocycles. The number of hydrogen-bond acceptors (Lipinski definition) is 4. The maximum atomic E-state index is 12.3. The molecule has 2 aliphatic rings. The molecule has 130 valence electrons. The van der Waals surface area contributed by atoms with Gasteiger partial charge in [0.1, 0.15) is 13.2 Å². The molecular formula is C16H20IN3O4. The predicted molar refractivity (Wildman–Crippen MR) is 96.1 cm³/mol. The summed E-state index contributed by atoms with van der Waals surface area (Å²) in [5, 5.41) is 2.98. The third-order valence-electron chi connectivity index (χ3n) is 4.31. The van der Waals surface area contributed by atoms with E-state index in [4.69, 9.17) is 9.47 Å². The first kappa shape index (κ1) is 17.1. The largest absolute Gasteiger partial charge is 0.486 e. The van der Waals surface area contributed by atoms with Gasteiger partial charge in [0, 0.05) is 25.6 Å². The molecule has 0 radical (unpaired) electrons. The average Bonchev–Trinajstić information content (AvgIpc) is 2.65. The van der Waals surface area contributed by atoms with Crippen molar-refractivity contribution in [2.45, 2.75) is 19.4 Å². The summed E-state index contributed by atoms with van der Waals surface area (Å²) >= 11 is 1.83. The molecule has 2 aliphatic heterocycles.